The van der Waals surface area contributed by atoms with Crippen molar-refractivity contribution in [1.29, 1.82) is 0 Å². The number of benzene rings is 1. The molecule has 21 heavy (non-hydrogen) atoms. The van der Waals surface area contributed by atoms with Crippen LogP contribution in [0.25, 0.3) is 11.1 Å². The van der Waals surface area contributed by atoms with Gasteiger partial charge in [-0.05, 0) is 30.7 Å². The van der Waals surface area contributed by atoms with Crippen molar-refractivity contribution in [1.82, 2.24) is 15.2 Å². The molecular formula is C16H18FN3O. The Kier molecular flexibility index (Phi) is 3.75. The van der Waals surface area contributed by atoms with E-state index in [-0.39, 0.29) is 17.8 Å². The van der Waals surface area contributed by atoms with Crippen LogP contribution in [0.4, 0.5) is 4.39 Å². The van der Waals surface area contributed by atoms with Gasteiger partial charge in [-0.1, -0.05) is 12.1 Å². The molecule has 0 saturated carbocycles. The molecule has 5 heteroatoms. The Morgan fingerprint density at radius 3 is 2.71 bits per heavy atom. The molecule has 2 aromatic rings. The number of carbonyl (C=O) groups is 1. The molecule has 1 aromatic heterocycles. The number of halogens is 1. The van der Waals surface area contributed by atoms with Gasteiger partial charge in [0.25, 0.3) is 5.91 Å². The first-order valence-corrected chi connectivity index (χ1v) is 7.07. The number of aromatic nitrogens is 1. The third-order valence-electron chi connectivity index (χ3n) is 4.03. The lowest BCUT2D eigenvalue weighted by molar-refractivity contribution is 0.0744. The van der Waals surface area contributed by atoms with Crippen molar-refractivity contribution in [3.63, 3.8) is 0 Å². The first-order valence-electron chi connectivity index (χ1n) is 7.07. The molecule has 0 unspecified atom stereocenters. The van der Waals surface area contributed by atoms with E-state index in [4.69, 9.17) is 0 Å². The molecule has 0 bridgehead atoms. The molecule has 1 aliphatic rings. The molecule has 1 aliphatic heterocycles. The smallest absolute Gasteiger partial charge is 0.256 e. The normalized spacial score (nSPS) is 17.9. The summed E-state index contributed by atoms with van der Waals surface area (Å²) in [5, 5.41) is 3.26. The van der Waals surface area contributed by atoms with Crippen LogP contribution in [0.15, 0.2) is 36.7 Å². The lowest BCUT2D eigenvalue weighted by Crippen LogP contribution is -2.38. The maximum Gasteiger partial charge on any atom is 0.256 e. The van der Waals surface area contributed by atoms with Crippen LogP contribution in [0.5, 0.6) is 0 Å². The highest BCUT2D eigenvalue weighted by Gasteiger charge is 2.26. The van der Waals surface area contributed by atoms with Crippen LogP contribution >= 0.6 is 0 Å². The summed E-state index contributed by atoms with van der Waals surface area (Å²) >= 11 is 0. The number of carbonyl (C=O) groups excluding carboxylic acids is 1. The average Bonchev–Trinajstić information content (AvgIpc) is 3.17. The van der Waals surface area contributed by atoms with Crippen LogP contribution in [-0.2, 0) is 0 Å². The number of nitrogens with one attached hydrogen (secondary N) is 2. The highest BCUT2D eigenvalue weighted by atomic mass is 19.1. The van der Waals surface area contributed by atoms with Gasteiger partial charge in [0, 0.05) is 37.6 Å². The summed E-state index contributed by atoms with van der Waals surface area (Å²) < 4.78 is 13.0. The van der Waals surface area contributed by atoms with Gasteiger partial charge in [0.05, 0.1) is 5.56 Å². The molecule has 3 rings (SSSR count). The first-order chi connectivity index (χ1) is 10.2. The monoisotopic (exact) mass is 287 g/mol. The van der Waals surface area contributed by atoms with Crippen LogP contribution in [0.1, 0.15) is 16.8 Å². The lowest BCUT2D eigenvalue weighted by Gasteiger charge is -2.24. The number of aromatic amines is 1. The molecule has 1 fully saturated rings. The highest BCUT2D eigenvalue weighted by Crippen LogP contribution is 2.25. The van der Waals surface area contributed by atoms with E-state index >= 15 is 0 Å². The average molecular weight is 287 g/mol. The molecule has 2 heterocycles. The second-order valence-electron chi connectivity index (χ2n) is 5.35. The van der Waals surface area contributed by atoms with Gasteiger partial charge in [-0.25, -0.2) is 4.39 Å². The summed E-state index contributed by atoms with van der Waals surface area (Å²) in [5.41, 5.74) is 2.26. The van der Waals surface area contributed by atoms with Gasteiger partial charge in [0.15, 0.2) is 0 Å². The summed E-state index contributed by atoms with van der Waals surface area (Å²) in [5.74, 6) is -0.291. The quantitative estimate of drug-likeness (QED) is 0.909. The van der Waals surface area contributed by atoms with E-state index in [9.17, 15) is 9.18 Å². The van der Waals surface area contributed by atoms with Crippen molar-refractivity contribution >= 4 is 5.91 Å². The Morgan fingerprint density at radius 2 is 2.05 bits per heavy atom. The minimum absolute atomic E-state index is 0.00993. The van der Waals surface area contributed by atoms with Gasteiger partial charge in [-0.3, -0.25) is 4.79 Å². The van der Waals surface area contributed by atoms with E-state index in [1.165, 1.54) is 12.1 Å². The molecule has 1 atom stereocenters. The Hall–Kier alpha value is -2.14. The number of likely N-dealkylation sites (N-methyl/N-ethyl adjacent to an activating group) is 1. The molecular weight excluding hydrogens is 269 g/mol. The number of H-pyrrole nitrogens is 1. The van der Waals surface area contributed by atoms with Gasteiger partial charge in [-0.15, -0.1) is 0 Å². The van der Waals surface area contributed by atoms with Crippen molar-refractivity contribution < 1.29 is 9.18 Å². The topological polar surface area (TPSA) is 48.1 Å². The predicted octanol–water partition coefficient (Wildman–Crippen LogP) is 2.25. The van der Waals surface area contributed by atoms with Crippen LogP contribution in [0.2, 0.25) is 0 Å². The zero-order valence-electron chi connectivity index (χ0n) is 11.9. The second-order valence-corrected chi connectivity index (χ2v) is 5.35. The van der Waals surface area contributed by atoms with Crippen LogP contribution in [-0.4, -0.2) is 42.0 Å². The van der Waals surface area contributed by atoms with E-state index in [2.05, 4.69) is 10.3 Å². The summed E-state index contributed by atoms with van der Waals surface area (Å²) in [6, 6.07) is 6.41. The van der Waals surface area contributed by atoms with E-state index < -0.39 is 0 Å². The van der Waals surface area contributed by atoms with Crippen molar-refractivity contribution in [2.45, 2.75) is 12.5 Å². The number of nitrogens with zero attached hydrogens (tertiary/aromatic N) is 1. The second kappa shape index (κ2) is 5.69. The molecule has 1 amide bonds. The molecule has 2 N–H and O–H groups in total. The van der Waals surface area contributed by atoms with E-state index in [1.807, 2.05) is 7.05 Å². The molecule has 110 valence electrons. The maximum atomic E-state index is 13.0. The minimum Gasteiger partial charge on any atom is -0.366 e. The third-order valence-corrected chi connectivity index (χ3v) is 4.03. The van der Waals surface area contributed by atoms with Gasteiger partial charge in [0.1, 0.15) is 5.82 Å². The molecule has 1 saturated heterocycles. The summed E-state index contributed by atoms with van der Waals surface area (Å²) in [6.45, 7) is 1.78. The fourth-order valence-corrected chi connectivity index (χ4v) is 2.73. The Balaban J connectivity index is 1.87. The van der Waals surface area contributed by atoms with Crippen molar-refractivity contribution in [3.8, 4) is 11.1 Å². The molecule has 1 aromatic carbocycles. The van der Waals surface area contributed by atoms with Gasteiger partial charge >= 0.3 is 0 Å². The van der Waals surface area contributed by atoms with E-state index in [1.54, 1.807) is 29.4 Å². The Morgan fingerprint density at radius 1 is 1.29 bits per heavy atom. The molecule has 0 aliphatic carbocycles. The maximum absolute atomic E-state index is 13.0. The largest absolute Gasteiger partial charge is 0.366 e. The third kappa shape index (κ3) is 2.69. The summed E-state index contributed by atoms with van der Waals surface area (Å²) in [6.07, 6.45) is 4.46. The zero-order chi connectivity index (χ0) is 14.8. The van der Waals surface area contributed by atoms with Crippen LogP contribution in [0, 0.1) is 5.82 Å². The van der Waals surface area contributed by atoms with Crippen molar-refractivity contribution in [2.24, 2.45) is 0 Å². The number of rotatable bonds is 3. The molecule has 0 radical (unpaired) electrons. The summed E-state index contributed by atoms with van der Waals surface area (Å²) in [7, 11) is 1.83. The van der Waals surface area contributed by atoms with Crippen molar-refractivity contribution in [3.05, 3.63) is 48.0 Å². The van der Waals surface area contributed by atoms with Crippen LogP contribution in [0.3, 0.4) is 0 Å². The van der Waals surface area contributed by atoms with Gasteiger partial charge < -0.3 is 15.2 Å². The van der Waals surface area contributed by atoms with E-state index in [0.717, 1.165) is 30.6 Å². The first kappa shape index (κ1) is 13.8. The highest BCUT2D eigenvalue weighted by molar-refractivity contribution is 6.00. The van der Waals surface area contributed by atoms with E-state index in [0.29, 0.717) is 5.56 Å². The van der Waals surface area contributed by atoms with Gasteiger partial charge in [-0.2, -0.15) is 0 Å². The number of amides is 1. The van der Waals surface area contributed by atoms with Crippen LogP contribution < -0.4 is 5.32 Å². The van der Waals surface area contributed by atoms with Gasteiger partial charge in [0.2, 0.25) is 0 Å². The lowest BCUT2D eigenvalue weighted by atomic mass is 10.0. The fraction of sp³-hybridized carbons (Fsp3) is 0.312. The Labute approximate surface area is 123 Å². The van der Waals surface area contributed by atoms with Crippen molar-refractivity contribution in [2.75, 3.05) is 20.1 Å². The fourth-order valence-electron chi connectivity index (χ4n) is 2.73. The minimum atomic E-state index is -0.281. The Bertz CT molecular complexity index is 629. The molecule has 4 nitrogen and oxygen atoms in total. The predicted molar refractivity (Wildman–Crippen MR) is 79.6 cm³/mol. The number of hydrogen-bond donors (Lipinski definition) is 2. The standard InChI is InChI=1S/C16H18FN3O/c1-20(13-6-7-18-8-13)16(21)15-10-19-9-14(15)11-2-4-12(17)5-3-11/h2-5,9-10,13,18-19H,6-8H2,1H3/t13-/m0/s1. The SMILES string of the molecule is CN(C(=O)c1c[nH]cc1-c1ccc(F)cc1)[C@H]1CCNC1. The number of hydrogen-bond acceptors (Lipinski definition) is 2. The summed E-state index contributed by atoms with van der Waals surface area (Å²) in [4.78, 5) is 17.4. The zero-order valence-corrected chi connectivity index (χ0v) is 11.9. The molecule has 0 spiro atoms.